The Balaban J connectivity index is 1.39. The van der Waals surface area contributed by atoms with E-state index in [9.17, 15) is 9.59 Å². The van der Waals surface area contributed by atoms with Gasteiger partial charge in [-0.2, -0.15) is 5.01 Å². The Hall–Kier alpha value is -2.07. The van der Waals surface area contributed by atoms with Crippen LogP contribution in [0.25, 0.3) is 0 Å². The number of carbonyl (C=O) groups excluding carboxylic acids is 2. The Labute approximate surface area is 149 Å². The van der Waals surface area contributed by atoms with Crippen LogP contribution in [-0.4, -0.2) is 16.8 Å². The Bertz CT molecular complexity index is 867. The van der Waals surface area contributed by atoms with Crippen molar-refractivity contribution in [3.05, 3.63) is 53.6 Å². The van der Waals surface area contributed by atoms with Gasteiger partial charge in [0.2, 0.25) is 0 Å². The molecule has 7 aliphatic rings. The quantitative estimate of drug-likeness (QED) is 0.659. The minimum atomic E-state index is -0.530. The molecule has 0 radical (unpaired) electrons. The zero-order valence-corrected chi connectivity index (χ0v) is 14.0. The van der Waals surface area contributed by atoms with Crippen molar-refractivity contribution in [1.29, 1.82) is 0 Å². The van der Waals surface area contributed by atoms with Crippen molar-refractivity contribution in [2.24, 2.45) is 46.3 Å². The molecule has 2 spiro atoms. The van der Waals surface area contributed by atoms with Gasteiger partial charge in [0.1, 0.15) is 0 Å². The highest BCUT2D eigenvalue weighted by molar-refractivity contribution is 6.30. The highest BCUT2D eigenvalue weighted by atomic mass is 35.5. The molecule has 5 fully saturated rings. The Kier molecular flexibility index (Phi) is 1.88. The molecule has 2 amide bonds. The lowest BCUT2D eigenvalue weighted by Crippen LogP contribution is -2.50. The number of nitrogens with zero attached hydrogens (tertiary/aromatic N) is 1. The molecule has 8 bridgehead atoms. The number of halogens is 1. The first-order chi connectivity index (χ1) is 12.1. The van der Waals surface area contributed by atoms with Gasteiger partial charge < -0.3 is 0 Å². The number of hydrazine groups is 1. The van der Waals surface area contributed by atoms with Crippen LogP contribution in [0.3, 0.4) is 0 Å². The van der Waals surface area contributed by atoms with Gasteiger partial charge in [-0.1, -0.05) is 35.9 Å². The number of rotatable bonds is 2. The highest BCUT2D eigenvalue weighted by Gasteiger charge is 2.96. The zero-order valence-electron chi connectivity index (χ0n) is 13.2. The fourth-order valence-corrected chi connectivity index (χ4v) is 8.03. The number of amides is 2. The molecule has 8 rings (SSSR count). The number of hydrogen-bond acceptors (Lipinski definition) is 3. The van der Waals surface area contributed by atoms with E-state index in [1.54, 1.807) is 24.3 Å². The Morgan fingerprint density at radius 3 is 1.68 bits per heavy atom. The molecule has 1 aromatic rings. The van der Waals surface area contributed by atoms with Crippen molar-refractivity contribution < 1.29 is 9.59 Å². The van der Waals surface area contributed by atoms with E-state index in [0.717, 1.165) is 0 Å². The van der Waals surface area contributed by atoms with Crippen LogP contribution in [0.1, 0.15) is 0 Å². The summed E-state index contributed by atoms with van der Waals surface area (Å²) >= 11 is 5.94. The smallest absolute Gasteiger partial charge is 0.256 e. The average Bonchev–Trinajstić information content (AvgIpc) is 3.40. The van der Waals surface area contributed by atoms with E-state index in [-0.39, 0.29) is 35.5 Å². The summed E-state index contributed by atoms with van der Waals surface area (Å²) < 4.78 is 0. The van der Waals surface area contributed by atoms with E-state index in [0.29, 0.717) is 22.5 Å². The second-order valence-corrected chi connectivity index (χ2v) is 8.77. The Morgan fingerprint density at radius 2 is 1.24 bits per heavy atom. The second-order valence-electron chi connectivity index (χ2n) is 8.33. The number of imide groups is 1. The molecule has 0 aromatic heterocycles. The van der Waals surface area contributed by atoms with Gasteiger partial charge in [0.25, 0.3) is 11.8 Å². The van der Waals surface area contributed by atoms with Gasteiger partial charge in [-0.3, -0.25) is 15.0 Å². The monoisotopic (exact) mass is 350 g/mol. The van der Waals surface area contributed by atoms with Gasteiger partial charge in [-0.05, 0) is 59.8 Å². The molecule has 1 aliphatic heterocycles. The summed E-state index contributed by atoms with van der Waals surface area (Å²) in [5.41, 5.74) is 2.73. The van der Waals surface area contributed by atoms with Gasteiger partial charge in [0, 0.05) is 5.02 Å². The molecule has 1 N–H and O–H groups in total. The van der Waals surface area contributed by atoms with Crippen molar-refractivity contribution in [2.75, 3.05) is 5.43 Å². The first-order valence-electron chi connectivity index (χ1n) is 8.91. The third-order valence-corrected chi connectivity index (χ3v) is 8.39. The van der Waals surface area contributed by atoms with Gasteiger partial charge in [-0.15, -0.1) is 0 Å². The fraction of sp³-hybridized carbons (Fsp3) is 0.400. The normalized spacial score (nSPS) is 51.5. The highest BCUT2D eigenvalue weighted by Crippen LogP contribution is 2.91. The van der Waals surface area contributed by atoms with E-state index in [1.165, 1.54) is 5.01 Å². The maximum Gasteiger partial charge on any atom is 0.256 e. The van der Waals surface area contributed by atoms with E-state index in [4.69, 9.17) is 11.6 Å². The zero-order chi connectivity index (χ0) is 16.7. The summed E-state index contributed by atoms with van der Waals surface area (Å²) in [5, 5.41) is 1.95. The molecule has 124 valence electrons. The van der Waals surface area contributed by atoms with Crippen molar-refractivity contribution >= 4 is 29.1 Å². The third-order valence-electron chi connectivity index (χ3n) is 8.14. The van der Waals surface area contributed by atoms with Crippen LogP contribution in [-0.2, 0) is 9.59 Å². The van der Waals surface area contributed by atoms with Crippen LogP contribution < -0.4 is 5.43 Å². The molecule has 1 heterocycles. The van der Waals surface area contributed by atoms with Crippen molar-refractivity contribution in [2.45, 2.75) is 0 Å². The number of hydrogen-bond donors (Lipinski definition) is 1. The number of nitrogens with one attached hydrogen (secondary N) is 1. The van der Waals surface area contributed by atoms with Gasteiger partial charge in [-0.25, -0.2) is 0 Å². The molecule has 4 atom stereocenters. The molecule has 1 saturated heterocycles. The molecule has 25 heavy (non-hydrogen) atoms. The van der Waals surface area contributed by atoms with Crippen LogP contribution in [0.15, 0.2) is 48.6 Å². The van der Waals surface area contributed by atoms with Crippen molar-refractivity contribution in [3.8, 4) is 0 Å². The van der Waals surface area contributed by atoms with E-state index in [1.807, 2.05) is 0 Å². The topological polar surface area (TPSA) is 49.4 Å². The molecular weight excluding hydrogens is 336 g/mol. The minimum Gasteiger partial charge on any atom is -0.289 e. The minimum absolute atomic E-state index is 0.0198. The van der Waals surface area contributed by atoms with Crippen molar-refractivity contribution in [1.82, 2.24) is 5.01 Å². The maximum absolute atomic E-state index is 13.6. The predicted octanol–water partition coefficient (Wildman–Crippen LogP) is 2.89. The first-order valence-corrected chi connectivity index (χ1v) is 9.29. The van der Waals surface area contributed by atoms with Crippen LogP contribution in [0.2, 0.25) is 5.02 Å². The average molecular weight is 351 g/mol. The molecule has 6 aliphatic carbocycles. The maximum atomic E-state index is 13.6. The van der Waals surface area contributed by atoms with Gasteiger partial charge in [0.15, 0.2) is 0 Å². The molecule has 5 heteroatoms. The molecule has 1 aromatic carbocycles. The summed E-state index contributed by atoms with van der Waals surface area (Å²) in [6.45, 7) is 0. The van der Waals surface area contributed by atoms with Gasteiger partial charge >= 0.3 is 0 Å². The number of allylic oxidation sites excluding steroid dienone is 4. The van der Waals surface area contributed by atoms with E-state index in [2.05, 4.69) is 29.7 Å². The molecule has 4 nitrogen and oxygen atoms in total. The lowest BCUT2D eigenvalue weighted by Gasteiger charge is -2.43. The molecule has 4 unspecified atom stereocenters. The number of carbonyl (C=O) groups is 2. The summed E-state index contributed by atoms with van der Waals surface area (Å²) in [6.07, 6.45) is 8.92. The van der Waals surface area contributed by atoms with Crippen LogP contribution in [0.5, 0.6) is 0 Å². The number of benzene rings is 1. The van der Waals surface area contributed by atoms with E-state index >= 15 is 0 Å². The third kappa shape index (κ3) is 0.967. The lowest BCUT2D eigenvalue weighted by molar-refractivity contribution is -0.141. The molecule has 4 saturated carbocycles. The van der Waals surface area contributed by atoms with Gasteiger partial charge in [0.05, 0.1) is 16.5 Å². The standard InChI is InChI=1S/C20H15ClN2O2/c21-9-1-3-10(4-2-9)22-23-17(24)19-11-5-6-12-15(11)16-13(19)7-8-14(16)20(12,19)18(23)25/h1-8,11-16,22H. The largest absolute Gasteiger partial charge is 0.289 e. The van der Waals surface area contributed by atoms with Crippen LogP contribution in [0.4, 0.5) is 5.69 Å². The van der Waals surface area contributed by atoms with Crippen molar-refractivity contribution in [3.63, 3.8) is 0 Å². The fourth-order valence-electron chi connectivity index (χ4n) is 7.91. The van der Waals surface area contributed by atoms with Crippen LogP contribution in [0, 0.1) is 46.3 Å². The Morgan fingerprint density at radius 1 is 0.800 bits per heavy atom. The number of anilines is 1. The van der Waals surface area contributed by atoms with E-state index < -0.39 is 10.8 Å². The lowest BCUT2D eigenvalue weighted by atomic mass is 9.54. The second kappa shape index (κ2) is 3.56. The first kappa shape index (κ1) is 13.2. The van der Waals surface area contributed by atoms with Crippen LogP contribution >= 0.6 is 11.6 Å². The summed E-state index contributed by atoms with van der Waals surface area (Å²) in [6, 6.07) is 7.11. The summed E-state index contributed by atoms with van der Waals surface area (Å²) in [7, 11) is 0. The predicted molar refractivity (Wildman–Crippen MR) is 91.0 cm³/mol. The summed E-state index contributed by atoms with van der Waals surface area (Å²) in [4.78, 5) is 27.2. The molecular formula is C20H15ClN2O2. The summed E-state index contributed by atoms with van der Waals surface area (Å²) in [5.74, 6) is 1.90. The SMILES string of the molecule is O=C1N(Nc2ccc(Cl)cc2)C(=O)C23C4C=CC5C4C4C(C=CC42)C153.